The van der Waals surface area contributed by atoms with Gasteiger partial charge in [0.1, 0.15) is 0 Å². The van der Waals surface area contributed by atoms with Crippen molar-refractivity contribution in [1.82, 2.24) is 15.5 Å². The van der Waals surface area contributed by atoms with E-state index in [1.165, 1.54) is 12.8 Å². The number of likely N-dealkylation sites (tertiary alicyclic amines) is 1. The molecule has 1 aliphatic carbocycles. The molecule has 2 aliphatic heterocycles. The molecule has 2 N–H and O–H groups in total. The molecule has 1 aromatic carbocycles. The zero-order valence-corrected chi connectivity index (χ0v) is 14.0. The normalized spacial score (nSPS) is 31.9. The van der Waals surface area contributed by atoms with Crippen LogP contribution in [0.3, 0.4) is 0 Å². The Kier molecular flexibility index (Phi) is 4.04. The van der Waals surface area contributed by atoms with Gasteiger partial charge in [0.05, 0.1) is 11.5 Å². The Hall–Kier alpha value is -1.88. The van der Waals surface area contributed by atoms with Crippen molar-refractivity contribution in [1.29, 1.82) is 0 Å². The number of rotatable bonds is 3. The molecule has 0 aromatic heterocycles. The van der Waals surface area contributed by atoms with Gasteiger partial charge in [-0.2, -0.15) is 0 Å². The molecule has 4 rings (SSSR count). The zero-order valence-electron chi connectivity index (χ0n) is 14.0. The molecular formula is C19H25N3O2. The van der Waals surface area contributed by atoms with E-state index >= 15 is 0 Å². The highest BCUT2D eigenvalue weighted by Gasteiger charge is 2.48. The number of nitrogens with zero attached hydrogens (tertiary/aromatic N) is 1. The molecule has 3 aliphatic rings. The Morgan fingerprint density at radius 2 is 2.04 bits per heavy atom. The van der Waals surface area contributed by atoms with Crippen LogP contribution < -0.4 is 10.6 Å². The van der Waals surface area contributed by atoms with Crippen molar-refractivity contribution >= 4 is 11.8 Å². The first-order chi connectivity index (χ1) is 11.7. The summed E-state index contributed by atoms with van der Waals surface area (Å²) >= 11 is 0. The third-order valence-electron chi connectivity index (χ3n) is 6.03. The van der Waals surface area contributed by atoms with Crippen molar-refractivity contribution in [2.75, 3.05) is 26.2 Å². The Labute approximate surface area is 142 Å². The van der Waals surface area contributed by atoms with E-state index in [-0.39, 0.29) is 23.3 Å². The fourth-order valence-electron chi connectivity index (χ4n) is 4.62. The minimum absolute atomic E-state index is 0.0327. The SMILES string of the molecule is O=C(N[C@]12CCC[C@H]1CNC2)C1CCN(C(=O)c2ccccc2)C1. The molecule has 3 atom stereocenters. The Bertz CT molecular complexity index is 621. The lowest BCUT2D eigenvalue weighted by atomic mass is 9.89. The lowest BCUT2D eigenvalue weighted by molar-refractivity contribution is -0.126. The number of fused-ring (bicyclic) bond motifs is 1. The number of amides is 2. The van der Waals surface area contributed by atoms with Crippen LogP contribution in [-0.4, -0.2) is 48.4 Å². The number of carbonyl (C=O) groups is 2. The second-order valence-corrected chi connectivity index (χ2v) is 7.47. The smallest absolute Gasteiger partial charge is 0.253 e. The predicted molar refractivity (Wildman–Crippen MR) is 91.5 cm³/mol. The first-order valence-electron chi connectivity index (χ1n) is 9.05. The van der Waals surface area contributed by atoms with E-state index in [4.69, 9.17) is 0 Å². The van der Waals surface area contributed by atoms with Gasteiger partial charge >= 0.3 is 0 Å². The maximum absolute atomic E-state index is 12.8. The van der Waals surface area contributed by atoms with Crippen molar-refractivity contribution < 1.29 is 9.59 Å². The average molecular weight is 327 g/mol. The maximum atomic E-state index is 12.8. The van der Waals surface area contributed by atoms with Crippen LogP contribution in [-0.2, 0) is 4.79 Å². The van der Waals surface area contributed by atoms with Crippen LogP contribution in [0.5, 0.6) is 0 Å². The van der Waals surface area contributed by atoms with Gasteiger partial charge in [0.15, 0.2) is 0 Å². The van der Waals surface area contributed by atoms with Gasteiger partial charge in [-0.25, -0.2) is 0 Å². The second kappa shape index (κ2) is 6.20. The number of carbonyl (C=O) groups excluding carboxylic acids is 2. The summed E-state index contributed by atoms with van der Waals surface area (Å²) in [6.45, 7) is 3.11. The summed E-state index contributed by atoms with van der Waals surface area (Å²) in [5.74, 6) is 0.665. The molecule has 0 bridgehead atoms. The van der Waals surface area contributed by atoms with Crippen LogP contribution in [0.15, 0.2) is 30.3 Å². The highest BCUT2D eigenvalue weighted by molar-refractivity contribution is 5.95. The summed E-state index contributed by atoms with van der Waals surface area (Å²) in [4.78, 5) is 27.1. The van der Waals surface area contributed by atoms with Crippen molar-refractivity contribution in [3.05, 3.63) is 35.9 Å². The highest BCUT2D eigenvalue weighted by Crippen LogP contribution is 2.38. The molecule has 0 spiro atoms. The minimum atomic E-state index is -0.0751. The minimum Gasteiger partial charge on any atom is -0.349 e. The van der Waals surface area contributed by atoms with E-state index < -0.39 is 0 Å². The Morgan fingerprint density at radius 3 is 2.88 bits per heavy atom. The molecule has 128 valence electrons. The number of benzene rings is 1. The summed E-state index contributed by atoms with van der Waals surface area (Å²) in [5.41, 5.74) is 0.668. The zero-order chi connectivity index (χ0) is 16.6. The summed E-state index contributed by atoms with van der Waals surface area (Å²) in [6, 6.07) is 9.33. The monoisotopic (exact) mass is 327 g/mol. The molecule has 24 heavy (non-hydrogen) atoms. The number of nitrogens with one attached hydrogen (secondary N) is 2. The van der Waals surface area contributed by atoms with Crippen LogP contribution >= 0.6 is 0 Å². The van der Waals surface area contributed by atoms with Crippen LogP contribution in [0.25, 0.3) is 0 Å². The van der Waals surface area contributed by atoms with Crippen molar-refractivity contribution in [3.8, 4) is 0 Å². The van der Waals surface area contributed by atoms with Crippen LogP contribution in [0.1, 0.15) is 36.0 Å². The highest BCUT2D eigenvalue weighted by atomic mass is 16.2. The van der Waals surface area contributed by atoms with E-state index in [1.807, 2.05) is 35.2 Å². The summed E-state index contributed by atoms with van der Waals surface area (Å²) < 4.78 is 0. The lowest BCUT2D eigenvalue weighted by Gasteiger charge is -2.31. The summed E-state index contributed by atoms with van der Waals surface area (Å²) in [7, 11) is 0. The fourth-order valence-corrected chi connectivity index (χ4v) is 4.62. The number of hydrogen-bond donors (Lipinski definition) is 2. The van der Waals surface area contributed by atoms with E-state index in [0.29, 0.717) is 24.6 Å². The van der Waals surface area contributed by atoms with Gasteiger partial charge in [0.2, 0.25) is 5.91 Å². The standard InChI is InChI=1S/C19H25N3O2/c23-17(21-19-9-4-7-16(19)11-20-13-19)15-8-10-22(12-15)18(24)14-5-2-1-3-6-14/h1-3,5-6,15-16,20H,4,7-13H2,(H,21,23)/t15?,16-,19-/m0/s1. The van der Waals surface area contributed by atoms with E-state index in [2.05, 4.69) is 10.6 Å². The molecule has 3 fully saturated rings. The topological polar surface area (TPSA) is 61.4 Å². The van der Waals surface area contributed by atoms with Gasteiger partial charge in [-0.3, -0.25) is 9.59 Å². The molecule has 1 unspecified atom stereocenters. The fraction of sp³-hybridized carbons (Fsp3) is 0.579. The van der Waals surface area contributed by atoms with Gasteiger partial charge in [0.25, 0.3) is 5.91 Å². The van der Waals surface area contributed by atoms with Gasteiger partial charge in [-0.15, -0.1) is 0 Å². The Morgan fingerprint density at radius 1 is 1.21 bits per heavy atom. The van der Waals surface area contributed by atoms with Gasteiger partial charge in [-0.1, -0.05) is 24.6 Å². The van der Waals surface area contributed by atoms with Crippen molar-refractivity contribution in [2.45, 2.75) is 31.2 Å². The van der Waals surface area contributed by atoms with Crippen LogP contribution in [0.4, 0.5) is 0 Å². The van der Waals surface area contributed by atoms with E-state index in [1.54, 1.807) is 0 Å². The molecule has 2 saturated heterocycles. The second-order valence-electron chi connectivity index (χ2n) is 7.47. The molecule has 2 amide bonds. The molecule has 5 nitrogen and oxygen atoms in total. The van der Waals surface area contributed by atoms with Crippen molar-refractivity contribution in [3.63, 3.8) is 0 Å². The molecule has 1 aromatic rings. The first kappa shape index (κ1) is 15.6. The quantitative estimate of drug-likeness (QED) is 0.882. The number of hydrogen-bond acceptors (Lipinski definition) is 3. The predicted octanol–water partition coefficient (Wildman–Crippen LogP) is 1.41. The summed E-state index contributed by atoms with van der Waals surface area (Å²) in [6.07, 6.45) is 4.25. The summed E-state index contributed by atoms with van der Waals surface area (Å²) in [5, 5.41) is 6.79. The molecule has 0 radical (unpaired) electrons. The maximum Gasteiger partial charge on any atom is 0.253 e. The molecule has 1 saturated carbocycles. The van der Waals surface area contributed by atoms with Gasteiger partial charge < -0.3 is 15.5 Å². The Balaban J connectivity index is 1.38. The third-order valence-corrected chi connectivity index (χ3v) is 6.03. The van der Waals surface area contributed by atoms with Gasteiger partial charge in [-0.05, 0) is 37.3 Å². The largest absolute Gasteiger partial charge is 0.349 e. The van der Waals surface area contributed by atoms with Crippen LogP contribution in [0, 0.1) is 11.8 Å². The molecule has 5 heteroatoms. The first-order valence-corrected chi connectivity index (χ1v) is 9.05. The molecular weight excluding hydrogens is 302 g/mol. The average Bonchev–Trinajstić information content (AvgIpc) is 3.29. The van der Waals surface area contributed by atoms with E-state index in [9.17, 15) is 9.59 Å². The van der Waals surface area contributed by atoms with E-state index in [0.717, 1.165) is 25.9 Å². The van der Waals surface area contributed by atoms with Crippen molar-refractivity contribution in [2.24, 2.45) is 11.8 Å². The lowest BCUT2D eigenvalue weighted by Crippen LogP contribution is -2.53. The van der Waals surface area contributed by atoms with Gasteiger partial charge in [0, 0.05) is 31.7 Å². The van der Waals surface area contributed by atoms with Crippen LogP contribution in [0.2, 0.25) is 0 Å². The third kappa shape index (κ3) is 2.71. The molecule has 2 heterocycles.